The van der Waals surface area contributed by atoms with Gasteiger partial charge in [0.15, 0.2) is 5.67 Å². The predicted molar refractivity (Wildman–Crippen MR) is 45.8 cm³/mol. The lowest BCUT2D eigenvalue weighted by atomic mass is 10.1. The molecule has 0 aromatic heterocycles. The summed E-state index contributed by atoms with van der Waals surface area (Å²) in [5.41, 5.74) is -1.89. The number of rotatable bonds is 1. The summed E-state index contributed by atoms with van der Waals surface area (Å²) in [5, 5.41) is 0. The maximum absolute atomic E-state index is 13.2. The first kappa shape index (κ1) is 10.4. The molecule has 0 aromatic rings. The fraction of sp³-hybridized carbons (Fsp3) is 0.889. The summed E-state index contributed by atoms with van der Waals surface area (Å²) in [5.74, 6) is -0.786. The third kappa shape index (κ3) is 2.17. The molecule has 0 N–H and O–H groups in total. The third-order valence-corrected chi connectivity index (χ3v) is 2.32. The third-order valence-electron chi connectivity index (χ3n) is 2.32. The van der Waals surface area contributed by atoms with E-state index in [0.29, 0.717) is 6.54 Å². The van der Waals surface area contributed by atoms with E-state index in [1.807, 2.05) is 0 Å². The summed E-state index contributed by atoms with van der Waals surface area (Å²) >= 11 is 0. The van der Waals surface area contributed by atoms with Crippen LogP contribution in [0, 0.1) is 5.92 Å². The second kappa shape index (κ2) is 3.24. The largest absolute Gasteiger partial charge is 0.337 e. The smallest absolute Gasteiger partial charge is 0.259 e. The minimum atomic E-state index is -1.89. The number of likely N-dealkylation sites (tertiary alicyclic amines) is 1. The van der Waals surface area contributed by atoms with Gasteiger partial charge in [0, 0.05) is 12.5 Å². The van der Waals surface area contributed by atoms with Crippen LogP contribution in [0.15, 0.2) is 0 Å². The molecule has 1 saturated heterocycles. The number of amides is 1. The number of hydrogen-bond donors (Lipinski definition) is 0. The Kier molecular flexibility index (Phi) is 2.59. The summed E-state index contributed by atoms with van der Waals surface area (Å²) in [6, 6.07) is 0. The number of nitrogens with zero attached hydrogens (tertiary/aromatic N) is 1. The van der Waals surface area contributed by atoms with Crippen LogP contribution in [0.25, 0.3) is 0 Å². The van der Waals surface area contributed by atoms with Gasteiger partial charge in [-0.1, -0.05) is 6.92 Å². The Morgan fingerprint density at radius 2 is 2.00 bits per heavy atom. The quantitative estimate of drug-likeness (QED) is 0.615. The zero-order chi connectivity index (χ0) is 10.2. The first-order chi connectivity index (χ1) is 5.82. The summed E-state index contributed by atoms with van der Waals surface area (Å²) in [7, 11) is 0. The molecule has 0 spiro atoms. The van der Waals surface area contributed by atoms with Crippen molar-refractivity contribution in [1.29, 1.82) is 0 Å². The fourth-order valence-electron chi connectivity index (χ4n) is 1.47. The van der Waals surface area contributed by atoms with E-state index in [-0.39, 0.29) is 12.5 Å². The van der Waals surface area contributed by atoms with Crippen LogP contribution in [-0.4, -0.2) is 35.7 Å². The van der Waals surface area contributed by atoms with Crippen LogP contribution in [0.5, 0.6) is 0 Å². The van der Waals surface area contributed by atoms with Crippen LogP contribution >= 0.6 is 0 Å². The Morgan fingerprint density at radius 3 is 2.31 bits per heavy atom. The van der Waals surface area contributed by atoms with Gasteiger partial charge >= 0.3 is 0 Å². The van der Waals surface area contributed by atoms with Gasteiger partial charge in [-0.15, -0.1) is 0 Å². The van der Waals surface area contributed by atoms with Crippen molar-refractivity contribution in [3.8, 4) is 0 Å². The van der Waals surface area contributed by atoms with Crippen molar-refractivity contribution in [2.75, 3.05) is 13.1 Å². The second-order valence-electron chi connectivity index (χ2n) is 4.18. The van der Waals surface area contributed by atoms with Gasteiger partial charge < -0.3 is 4.90 Å². The Hall–Kier alpha value is -0.670. The molecule has 0 saturated carbocycles. The molecule has 2 nitrogen and oxygen atoms in total. The van der Waals surface area contributed by atoms with Gasteiger partial charge in [-0.05, 0) is 13.8 Å². The Labute approximate surface area is 76.9 Å². The number of alkyl halides is 2. The molecule has 0 radical (unpaired) electrons. The van der Waals surface area contributed by atoms with Crippen molar-refractivity contribution in [3.63, 3.8) is 0 Å². The van der Waals surface area contributed by atoms with Crippen LogP contribution in [-0.2, 0) is 4.79 Å². The second-order valence-corrected chi connectivity index (χ2v) is 4.18. The van der Waals surface area contributed by atoms with E-state index in [9.17, 15) is 13.6 Å². The normalized spacial score (nSPS) is 29.5. The average molecular weight is 191 g/mol. The Balaban J connectivity index is 2.61. The molecule has 1 aliphatic heterocycles. The zero-order valence-electron chi connectivity index (χ0n) is 8.18. The molecule has 4 heteroatoms. The minimum absolute atomic E-state index is 0.0351. The van der Waals surface area contributed by atoms with Crippen LogP contribution in [0.3, 0.4) is 0 Å². The number of carbonyl (C=O) groups is 1. The first-order valence-corrected chi connectivity index (χ1v) is 4.44. The van der Waals surface area contributed by atoms with Gasteiger partial charge in [-0.2, -0.15) is 0 Å². The van der Waals surface area contributed by atoms with Crippen molar-refractivity contribution < 1.29 is 13.6 Å². The topological polar surface area (TPSA) is 20.3 Å². The zero-order valence-corrected chi connectivity index (χ0v) is 8.18. The summed E-state index contributed by atoms with van der Waals surface area (Å²) in [4.78, 5) is 12.6. The van der Waals surface area contributed by atoms with Crippen LogP contribution in [0.2, 0.25) is 0 Å². The van der Waals surface area contributed by atoms with Gasteiger partial charge in [-0.25, -0.2) is 8.78 Å². The number of hydrogen-bond acceptors (Lipinski definition) is 1. The van der Waals surface area contributed by atoms with E-state index in [4.69, 9.17) is 0 Å². The molecule has 1 rings (SSSR count). The molecule has 0 unspecified atom stereocenters. The first-order valence-electron chi connectivity index (χ1n) is 4.44. The molecule has 1 heterocycles. The van der Waals surface area contributed by atoms with Crippen molar-refractivity contribution in [2.24, 2.45) is 5.92 Å². The molecular weight excluding hydrogens is 176 g/mol. The molecule has 0 aromatic carbocycles. The summed E-state index contributed by atoms with van der Waals surface area (Å²) < 4.78 is 26.2. The molecule has 0 aliphatic carbocycles. The van der Waals surface area contributed by atoms with E-state index in [2.05, 4.69) is 0 Å². The van der Waals surface area contributed by atoms with Crippen molar-refractivity contribution >= 4 is 5.91 Å². The van der Waals surface area contributed by atoms with Crippen molar-refractivity contribution in [2.45, 2.75) is 32.6 Å². The average Bonchev–Trinajstić information content (AvgIpc) is 2.29. The van der Waals surface area contributed by atoms with E-state index >= 15 is 0 Å². The fourth-order valence-corrected chi connectivity index (χ4v) is 1.47. The highest BCUT2D eigenvalue weighted by Gasteiger charge is 2.38. The van der Waals surface area contributed by atoms with E-state index < -0.39 is 17.7 Å². The molecule has 2 atom stereocenters. The van der Waals surface area contributed by atoms with Crippen molar-refractivity contribution in [1.82, 2.24) is 4.90 Å². The SMILES string of the molecule is C[C@@H]1CN(C(=O)C(C)(C)F)C[C@@H]1F. The van der Waals surface area contributed by atoms with Crippen LogP contribution in [0.1, 0.15) is 20.8 Å². The lowest BCUT2D eigenvalue weighted by Crippen LogP contribution is -2.41. The monoisotopic (exact) mass is 191 g/mol. The van der Waals surface area contributed by atoms with Gasteiger partial charge in [-0.3, -0.25) is 4.79 Å². The van der Waals surface area contributed by atoms with Gasteiger partial charge in [0.1, 0.15) is 6.17 Å². The lowest BCUT2D eigenvalue weighted by Gasteiger charge is -2.22. The molecular formula is C9H15F2NO. The van der Waals surface area contributed by atoms with Crippen LogP contribution in [0.4, 0.5) is 8.78 Å². The summed E-state index contributed by atoms with van der Waals surface area (Å²) in [6.07, 6.45) is -1.01. The standard InChI is InChI=1S/C9H15F2NO/c1-6-4-12(5-7(6)10)8(13)9(2,3)11/h6-7H,4-5H2,1-3H3/t6-,7+/m1/s1. The molecule has 76 valence electrons. The Bertz CT molecular complexity index is 202. The highest BCUT2D eigenvalue weighted by molar-refractivity contribution is 5.84. The highest BCUT2D eigenvalue weighted by atomic mass is 19.1. The van der Waals surface area contributed by atoms with Gasteiger partial charge in [0.25, 0.3) is 5.91 Å². The number of carbonyl (C=O) groups excluding carboxylic acids is 1. The van der Waals surface area contributed by atoms with Gasteiger partial charge in [0.05, 0.1) is 6.54 Å². The van der Waals surface area contributed by atoms with E-state index in [1.165, 1.54) is 18.7 Å². The minimum Gasteiger partial charge on any atom is -0.337 e. The number of halogens is 2. The predicted octanol–water partition coefficient (Wildman–Crippen LogP) is 1.55. The summed E-state index contributed by atoms with van der Waals surface area (Å²) in [6.45, 7) is 4.49. The lowest BCUT2D eigenvalue weighted by molar-refractivity contribution is -0.141. The molecule has 13 heavy (non-hydrogen) atoms. The molecule has 0 bridgehead atoms. The maximum atomic E-state index is 13.2. The maximum Gasteiger partial charge on any atom is 0.259 e. The molecule has 1 aliphatic rings. The highest BCUT2D eigenvalue weighted by Crippen LogP contribution is 2.23. The van der Waals surface area contributed by atoms with Gasteiger partial charge in [0.2, 0.25) is 0 Å². The van der Waals surface area contributed by atoms with Crippen molar-refractivity contribution in [3.05, 3.63) is 0 Å². The molecule has 1 fully saturated rings. The van der Waals surface area contributed by atoms with Crippen LogP contribution < -0.4 is 0 Å². The van der Waals surface area contributed by atoms with E-state index in [1.54, 1.807) is 6.92 Å². The van der Waals surface area contributed by atoms with E-state index in [0.717, 1.165) is 0 Å². The Morgan fingerprint density at radius 1 is 1.46 bits per heavy atom. The molecule has 1 amide bonds.